The van der Waals surface area contributed by atoms with E-state index in [-0.39, 0.29) is 0 Å². The largest absolute Gasteiger partial charge is 0.488 e. The molecular weight excluding hydrogens is 446 g/mol. The Balaban J connectivity index is 1.48. The molecule has 0 fully saturated rings. The number of thioether (sulfide) groups is 1. The van der Waals surface area contributed by atoms with Crippen LogP contribution in [0.4, 0.5) is 0 Å². The number of nitriles is 1. The van der Waals surface area contributed by atoms with E-state index >= 15 is 0 Å². The van der Waals surface area contributed by atoms with Crippen LogP contribution in [-0.2, 0) is 6.61 Å². The Kier molecular flexibility index (Phi) is 5.99. The number of ether oxygens (including phenoxy) is 1. The second-order valence-electron chi connectivity index (χ2n) is 6.25. The molecule has 3 aromatic carbocycles. The molecule has 1 heterocycles. The number of fused-ring (bicyclic) bond motifs is 1. The molecule has 0 amide bonds. The van der Waals surface area contributed by atoms with Gasteiger partial charge in [-0.1, -0.05) is 48.5 Å². The molecule has 4 aromatic rings. The molecule has 29 heavy (non-hydrogen) atoms. The van der Waals surface area contributed by atoms with Crippen molar-refractivity contribution in [2.75, 3.05) is 0 Å². The SMILES string of the molecule is N#C/C(=C\c1ccc(OCc2ccccc2)c(Br)c1)Sc1nc2ccccc2[nH]1. The van der Waals surface area contributed by atoms with Gasteiger partial charge in [0.05, 0.1) is 20.4 Å². The molecule has 0 bridgehead atoms. The van der Waals surface area contributed by atoms with Crippen molar-refractivity contribution in [2.24, 2.45) is 0 Å². The smallest absolute Gasteiger partial charge is 0.171 e. The quantitative estimate of drug-likeness (QED) is 0.260. The molecule has 1 N–H and O–H groups in total. The van der Waals surface area contributed by atoms with Crippen LogP contribution in [-0.4, -0.2) is 9.97 Å². The Morgan fingerprint density at radius 3 is 2.66 bits per heavy atom. The van der Waals surface area contributed by atoms with Crippen molar-refractivity contribution in [1.29, 1.82) is 5.26 Å². The predicted octanol–water partition coefficient (Wildman–Crippen LogP) is 6.56. The van der Waals surface area contributed by atoms with Gasteiger partial charge in [0.1, 0.15) is 18.4 Å². The van der Waals surface area contributed by atoms with Gasteiger partial charge >= 0.3 is 0 Å². The molecule has 4 rings (SSSR count). The van der Waals surface area contributed by atoms with Crippen LogP contribution in [0.15, 0.2) is 87.3 Å². The van der Waals surface area contributed by atoms with Gasteiger partial charge in [-0.2, -0.15) is 5.26 Å². The summed E-state index contributed by atoms with van der Waals surface area (Å²) in [5.74, 6) is 0.759. The molecule has 0 aliphatic heterocycles. The van der Waals surface area contributed by atoms with Gasteiger partial charge in [-0.25, -0.2) is 4.98 Å². The summed E-state index contributed by atoms with van der Waals surface area (Å²) in [6.45, 7) is 0.500. The van der Waals surface area contributed by atoms with Gasteiger partial charge in [-0.15, -0.1) is 0 Å². The number of benzene rings is 3. The lowest BCUT2D eigenvalue weighted by Crippen LogP contribution is -1.95. The summed E-state index contributed by atoms with van der Waals surface area (Å²) >= 11 is 4.87. The van der Waals surface area contributed by atoms with Gasteiger partial charge in [0.15, 0.2) is 5.16 Å². The number of aromatic amines is 1. The van der Waals surface area contributed by atoms with Gasteiger partial charge in [-0.3, -0.25) is 0 Å². The fourth-order valence-corrected chi connectivity index (χ4v) is 4.04. The number of allylic oxidation sites excluding steroid dienone is 1. The highest BCUT2D eigenvalue weighted by Crippen LogP contribution is 2.31. The number of imidazole rings is 1. The van der Waals surface area contributed by atoms with E-state index in [4.69, 9.17) is 4.74 Å². The third-order valence-corrected chi connectivity index (χ3v) is 5.61. The summed E-state index contributed by atoms with van der Waals surface area (Å²) in [5.41, 5.74) is 3.85. The maximum atomic E-state index is 9.54. The number of nitrogens with zero attached hydrogens (tertiary/aromatic N) is 2. The van der Waals surface area contributed by atoms with Crippen LogP contribution in [0.3, 0.4) is 0 Å². The minimum absolute atomic E-state index is 0.500. The molecule has 1 aromatic heterocycles. The van der Waals surface area contributed by atoms with Crippen LogP contribution in [0.2, 0.25) is 0 Å². The molecule has 0 saturated carbocycles. The minimum Gasteiger partial charge on any atom is -0.488 e. The van der Waals surface area contributed by atoms with Gasteiger partial charge in [-0.05, 0) is 69.2 Å². The van der Waals surface area contributed by atoms with E-state index < -0.39 is 0 Å². The Hall–Kier alpha value is -3.01. The monoisotopic (exact) mass is 461 g/mol. The normalized spacial score (nSPS) is 11.4. The van der Waals surface area contributed by atoms with Gasteiger partial charge in [0, 0.05) is 0 Å². The Morgan fingerprint density at radius 1 is 1.10 bits per heavy atom. The molecule has 0 aliphatic carbocycles. The zero-order valence-corrected chi connectivity index (χ0v) is 17.7. The minimum atomic E-state index is 0.500. The fourth-order valence-electron chi connectivity index (χ4n) is 2.78. The van der Waals surface area contributed by atoms with Gasteiger partial charge in [0.25, 0.3) is 0 Å². The van der Waals surface area contributed by atoms with Gasteiger partial charge in [0.2, 0.25) is 0 Å². The molecular formula is C23H16BrN3OS. The fraction of sp³-hybridized carbons (Fsp3) is 0.0435. The number of halogens is 1. The van der Waals surface area contributed by atoms with Crippen LogP contribution in [0, 0.1) is 11.3 Å². The first-order valence-electron chi connectivity index (χ1n) is 8.92. The maximum absolute atomic E-state index is 9.54. The highest BCUT2D eigenvalue weighted by molar-refractivity contribution is 9.10. The van der Waals surface area contributed by atoms with Crippen molar-refractivity contribution in [1.82, 2.24) is 9.97 Å². The number of aromatic nitrogens is 2. The number of para-hydroxylation sites is 2. The number of H-pyrrole nitrogens is 1. The number of nitrogens with one attached hydrogen (secondary N) is 1. The molecule has 0 atom stereocenters. The average Bonchev–Trinajstić information content (AvgIpc) is 3.16. The summed E-state index contributed by atoms with van der Waals surface area (Å²) in [5, 5.41) is 10.2. The van der Waals surface area contributed by atoms with E-state index in [2.05, 4.69) is 32.0 Å². The first kappa shape index (κ1) is 19.3. The van der Waals surface area contributed by atoms with Crippen LogP contribution in [0.1, 0.15) is 11.1 Å². The van der Waals surface area contributed by atoms with Crippen molar-refractivity contribution in [3.05, 3.63) is 93.3 Å². The van der Waals surface area contributed by atoms with E-state index in [9.17, 15) is 5.26 Å². The molecule has 0 spiro atoms. The van der Waals surface area contributed by atoms with E-state index in [1.54, 1.807) is 0 Å². The molecule has 142 valence electrons. The van der Waals surface area contributed by atoms with E-state index in [0.717, 1.165) is 32.4 Å². The van der Waals surface area contributed by atoms with Crippen molar-refractivity contribution in [2.45, 2.75) is 11.8 Å². The molecule has 4 nitrogen and oxygen atoms in total. The third kappa shape index (κ3) is 4.89. The Bertz CT molecular complexity index is 1180. The van der Waals surface area contributed by atoms with E-state index in [1.807, 2.05) is 78.9 Å². The zero-order chi connectivity index (χ0) is 20.1. The summed E-state index contributed by atoms with van der Waals surface area (Å²) in [4.78, 5) is 8.29. The first-order chi connectivity index (χ1) is 14.2. The zero-order valence-electron chi connectivity index (χ0n) is 15.3. The molecule has 0 saturated heterocycles. The predicted molar refractivity (Wildman–Crippen MR) is 120 cm³/mol. The molecule has 0 aliphatic rings. The lowest BCUT2D eigenvalue weighted by Gasteiger charge is -2.09. The topological polar surface area (TPSA) is 61.7 Å². The van der Waals surface area contributed by atoms with E-state index in [0.29, 0.717) is 16.7 Å². The highest BCUT2D eigenvalue weighted by atomic mass is 79.9. The summed E-state index contributed by atoms with van der Waals surface area (Å²) < 4.78 is 6.73. The summed E-state index contributed by atoms with van der Waals surface area (Å²) in [7, 11) is 0. The second kappa shape index (κ2) is 8.99. The average molecular weight is 462 g/mol. The van der Waals surface area contributed by atoms with Crippen molar-refractivity contribution >= 4 is 44.8 Å². The summed E-state index contributed by atoms with van der Waals surface area (Å²) in [6.07, 6.45) is 1.84. The molecule has 6 heteroatoms. The van der Waals surface area contributed by atoms with Crippen molar-refractivity contribution in [3.63, 3.8) is 0 Å². The molecule has 0 radical (unpaired) electrons. The van der Waals surface area contributed by atoms with Crippen LogP contribution < -0.4 is 4.74 Å². The van der Waals surface area contributed by atoms with Gasteiger partial charge < -0.3 is 9.72 Å². The van der Waals surface area contributed by atoms with Crippen molar-refractivity contribution < 1.29 is 4.74 Å². The van der Waals surface area contributed by atoms with Crippen LogP contribution in [0.25, 0.3) is 17.1 Å². The first-order valence-corrected chi connectivity index (χ1v) is 10.5. The highest BCUT2D eigenvalue weighted by Gasteiger charge is 2.08. The number of hydrogen-bond donors (Lipinski definition) is 1. The Morgan fingerprint density at radius 2 is 1.90 bits per heavy atom. The Labute approximate surface area is 181 Å². The van der Waals surface area contributed by atoms with Crippen LogP contribution in [0.5, 0.6) is 5.75 Å². The lowest BCUT2D eigenvalue weighted by molar-refractivity contribution is 0.304. The lowest BCUT2D eigenvalue weighted by atomic mass is 10.2. The standard InChI is InChI=1S/C23H16BrN3OS/c24-19-13-17(10-11-22(19)28-15-16-6-2-1-3-7-16)12-18(14-25)29-23-26-20-8-4-5-9-21(20)27-23/h1-13H,15H2,(H,26,27)/b18-12+. The van der Waals surface area contributed by atoms with Crippen molar-refractivity contribution in [3.8, 4) is 11.8 Å². The summed E-state index contributed by atoms with van der Waals surface area (Å²) in [6, 6.07) is 25.8. The molecule has 0 unspecified atom stereocenters. The second-order valence-corrected chi connectivity index (χ2v) is 8.13. The number of hydrogen-bond acceptors (Lipinski definition) is 4. The van der Waals surface area contributed by atoms with Crippen LogP contribution >= 0.6 is 27.7 Å². The maximum Gasteiger partial charge on any atom is 0.171 e. The third-order valence-electron chi connectivity index (χ3n) is 4.18. The van der Waals surface area contributed by atoms with E-state index in [1.165, 1.54) is 11.8 Å². The number of rotatable bonds is 6.